The highest BCUT2D eigenvalue weighted by Gasteiger charge is 2.19. The second-order valence-electron chi connectivity index (χ2n) is 7.17. The maximum atomic E-state index is 5.43. The second-order valence-corrected chi connectivity index (χ2v) is 7.17. The summed E-state index contributed by atoms with van der Waals surface area (Å²) in [7, 11) is 4.97. The summed E-state index contributed by atoms with van der Waals surface area (Å²) in [4.78, 5) is 11.7. The van der Waals surface area contributed by atoms with Crippen molar-refractivity contribution >= 4 is 11.6 Å². The normalized spacial score (nSPS) is 13.4. The van der Waals surface area contributed by atoms with Crippen LogP contribution in [0, 0.1) is 0 Å². The number of fused-ring (bicyclic) bond motifs is 1. The molecule has 1 N–H and O–H groups in total. The van der Waals surface area contributed by atoms with Gasteiger partial charge in [-0.25, -0.2) is 9.97 Å². The minimum Gasteiger partial charge on any atom is -0.497 e. The van der Waals surface area contributed by atoms with Crippen molar-refractivity contribution in [3.05, 3.63) is 65.5 Å². The molecule has 0 saturated carbocycles. The van der Waals surface area contributed by atoms with E-state index in [0.29, 0.717) is 11.7 Å². The number of hydrogen-bond donors (Lipinski definition) is 1. The zero-order valence-electron chi connectivity index (χ0n) is 17.5. The lowest BCUT2D eigenvalue weighted by atomic mass is 10.1. The highest BCUT2D eigenvalue weighted by molar-refractivity contribution is 5.65. The number of hydrogen-bond acceptors (Lipinski definition) is 7. The van der Waals surface area contributed by atoms with E-state index in [9.17, 15) is 0 Å². The Morgan fingerprint density at radius 1 is 1.00 bits per heavy atom. The van der Waals surface area contributed by atoms with Crippen molar-refractivity contribution in [2.24, 2.45) is 0 Å². The van der Waals surface area contributed by atoms with Gasteiger partial charge in [-0.15, -0.1) is 0 Å². The predicted molar refractivity (Wildman–Crippen MR) is 116 cm³/mol. The Bertz CT molecular complexity index is 1030. The molecule has 1 aliphatic heterocycles. The predicted octanol–water partition coefficient (Wildman–Crippen LogP) is 3.80. The highest BCUT2D eigenvalue weighted by atomic mass is 16.5. The van der Waals surface area contributed by atoms with Gasteiger partial charge in [0.05, 0.1) is 32.7 Å². The molecule has 0 unspecified atom stereocenters. The van der Waals surface area contributed by atoms with Crippen molar-refractivity contribution in [3.8, 4) is 17.2 Å². The minimum atomic E-state index is 0.557. The largest absolute Gasteiger partial charge is 0.497 e. The Balaban J connectivity index is 1.47. The Kier molecular flexibility index (Phi) is 5.99. The van der Waals surface area contributed by atoms with E-state index >= 15 is 0 Å². The van der Waals surface area contributed by atoms with E-state index in [1.54, 1.807) is 21.3 Å². The van der Waals surface area contributed by atoms with Crippen LogP contribution in [0.1, 0.15) is 16.8 Å². The molecule has 0 saturated heterocycles. The van der Waals surface area contributed by atoms with Crippen molar-refractivity contribution in [2.75, 3.05) is 33.2 Å². The van der Waals surface area contributed by atoms with Gasteiger partial charge in [-0.3, -0.25) is 4.90 Å². The minimum absolute atomic E-state index is 0.557. The molecule has 1 aromatic heterocycles. The summed E-state index contributed by atoms with van der Waals surface area (Å²) >= 11 is 0. The van der Waals surface area contributed by atoms with Crippen LogP contribution in [-0.2, 0) is 19.5 Å². The molecule has 7 nitrogen and oxygen atoms in total. The van der Waals surface area contributed by atoms with Crippen LogP contribution in [0.4, 0.5) is 11.6 Å². The fraction of sp³-hybridized carbons (Fsp3) is 0.304. The lowest BCUT2D eigenvalue weighted by molar-refractivity contribution is 0.242. The molecule has 0 radical (unpaired) electrons. The molecule has 0 bridgehead atoms. The fourth-order valence-electron chi connectivity index (χ4n) is 3.63. The van der Waals surface area contributed by atoms with Crippen LogP contribution < -0.4 is 19.5 Å². The molecule has 3 aromatic rings. The monoisotopic (exact) mass is 406 g/mol. The van der Waals surface area contributed by atoms with Crippen LogP contribution in [0.2, 0.25) is 0 Å². The quantitative estimate of drug-likeness (QED) is 0.640. The van der Waals surface area contributed by atoms with E-state index in [2.05, 4.69) is 27.3 Å². The van der Waals surface area contributed by atoms with Crippen molar-refractivity contribution < 1.29 is 14.2 Å². The Morgan fingerprint density at radius 2 is 1.83 bits per heavy atom. The molecule has 0 spiro atoms. The van der Waals surface area contributed by atoms with Crippen LogP contribution >= 0.6 is 0 Å². The van der Waals surface area contributed by atoms with Gasteiger partial charge in [0.15, 0.2) is 0 Å². The first-order valence-corrected chi connectivity index (χ1v) is 9.87. The van der Waals surface area contributed by atoms with Crippen LogP contribution in [-0.4, -0.2) is 42.7 Å². The number of ether oxygens (including phenoxy) is 3. The molecule has 0 aliphatic carbocycles. The van der Waals surface area contributed by atoms with Gasteiger partial charge in [0.1, 0.15) is 17.2 Å². The van der Waals surface area contributed by atoms with Crippen molar-refractivity contribution in [3.63, 3.8) is 0 Å². The van der Waals surface area contributed by atoms with Crippen molar-refractivity contribution in [2.45, 2.75) is 19.5 Å². The van der Waals surface area contributed by atoms with E-state index < -0.39 is 0 Å². The molecule has 0 fully saturated rings. The molecule has 1 aliphatic rings. The third-order valence-electron chi connectivity index (χ3n) is 5.21. The Hall–Kier alpha value is -3.32. The van der Waals surface area contributed by atoms with Gasteiger partial charge in [0, 0.05) is 43.9 Å². The standard InChI is InChI=1S/C23H26N4O3/c1-28-18-6-4-5-16(11-18)14-27-10-9-20-17(15-27)13-24-23(25-20)26-21-12-19(29-2)7-8-22(21)30-3/h4-8,11-13H,9-10,14-15H2,1-3H3,(H,24,25,26). The first-order valence-electron chi connectivity index (χ1n) is 9.87. The maximum Gasteiger partial charge on any atom is 0.227 e. The van der Waals surface area contributed by atoms with Crippen LogP contribution in [0.25, 0.3) is 0 Å². The van der Waals surface area contributed by atoms with Gasteiger partial charge in [0.25, 0.3) is 0 Å². The van der Waals surface area contributed by atoms with E-state index in [-0.39, 0.29) is 0 Å². The van der Waals surface area contributed by atoms with Gasteiger partial charge in [0.2, 0.25) is 5.95 Å². The molecule has 2 aromatic carbocycles. The number of nitrogens with zero attached hydrogens (tertiary/aromatic N) is 3. The topological polar surface area (TPSA) is 68.7 Å². The fourth-order valence-corrected chi connectivity index (χ4v) is 3.63. The third-order valence-corrected chi connectivity index (χ3v) is 5.21. The number of aromatic nitrogens is 2. The van der Waals surface area contributed by atoms with Gasteiger partial charge in [-0.05, 0) is 29.8 Å². The summed E-state index contributed by atoms with van der Waals surface area (Å²) < 4.78 is 16.1. The zero-order chi connectivity index (χ0) is 20.9. The second kappa shape index (κ2) is 9.00. The first kappa shape index (κ1) is 20.0. The highest BCUT2D eigenvalue weighted by Crippen LogP contribution is 2.31. The molecule has 2 heterocycles. The zero-order valence-corrected chi connectivity index (χ0v) is 17.5. The maximum absolute atomic E-state index is 5.43. The summed E-state index contributed by atoms with van der Waals surface area (Å²) in [5.74, 6) is 2.89. The first-order chi connectivity index (χ1) is 14.7. The lowest BCUT2D eigenvalue weighted by Crippen LogP contribution is -2.31. The molecule has 7 heteroatoms. The van der Waals surface area contributed by atoms with E-state index in [4.69, 9.17) is 19.2 Å². The Morgan fingerprint density at radius 3 is 2.63 bits per heavy atom. The number of benzene rings is 2. The average Bonchev–Trinajstić information content (AvgIpc) is 2.79. The number of methoxy groups -OCH3 is 3. The summed E-state index contributed by atoms with van der Waals surface area (Å²) in [6.07, 6.45) is 2.79. The van der Waals surface area contributed by atoms with Gasteiger partial charge < -0.3 is 19.5 Å². The molecular formula is C23H26N4O3. The Labute approximate surface area is 176 Å². The van der Waals surface area contributed by atoms with Crippen LogP contribution in [0.5, 0.6) is 17.2 Å². The molecule has 156 valence electrons. The van der Waals surface area contributed by atoms with Gasteiger partial charge >= 0.3 is 0 Å². The van der Waals surface area contributed by atoms with E-state index in [1.165, 1.54) is 5.56 Å². The third kappa shape index (κ3) is 4.46. The number of rotatable bonds is 7. The van der Waals surface area contributed by atoms with E-state index in [0.717, 1.165) is 54.5 Å². The van der Waals surface area contributed by atoms with Crippen LogP contribution in [0.3, 0.4) is 0 Å². The summed E-state index contributed by atoms with van der Waals surface area (Å²) in [6.45, 7) is 2.65. The molecule has 0 amide bonds. The van der Waals surface area contributed by atoms with Crippen molar-refractivity contribution in [1.82, 2.24) is 14.9 Å². The molecule has 4 rings (SSSR count). The summed E-state index contributed by atoms with van der Waals surface area (Å²) in [5, 5.41) is 3.26. The van der Waals surface area contributed by atoms with Crippen molar-refractivity contribution in [1.29, 1.82) is 0 Å². The van der Waals surface area contributed by atoms with E-state index in [1.807, 2.05) is 36.5 Å². The number of nitrogens with one attached hydrogen (secondary N) is 1. The summed E-state index contributed by atoms with van der Waals surface area (Å²) in [5.41, 5.74) is 4.25. The SMILES string of the molecule is COc1cccc(CN2CCc3nc(Nc4cc(OC)ccc4OC)ncc3C2)c1. The molecule has 0 atom stereocenters. The lowest BCUT2D eigenvalue weighted by Gasteiger charge is -2.28. The molecular weight excluding hydrogens is 380 g/mol. The van der Waals surface area contributed by atoms with Crippen LogP contribution in [0.15, 0.2) is 48.7 Å². The molecule has 30 heavy (non-hydrogen) atoms. The summed E-state index contributed by atoms with van der Waals surface area (Å²) in [6, 6.07) is 13.8. The smallest absolute Gasteiger partial charge is 0.227 e. The van der Waals surface area contributed by atoms with Gasteiger partial charge in [-0.2, -0.15) is 0 Å². The van der Waals surface area contributed by atoms with Gasteiger partial charge in [-0.1, -0.05) is 12.1 Å². The number of anilines is 2. The average molecular weight is 406 g/mol.